The summed E-state index contributed by atoms with van der Waals surface area (Å²) in [5.41, 5.74) is 0. The van der Waals surface area contributed by atoms with E-state index >= 15 is 0 Å². The molecule has 13 heavy (non-hydrogen) atoms. The lowest BCUT2D eigenvalue weighted by Gasteiger charge is -2.05. The molecule has 1 aromatic heterocycles. The zero-order valence-corrected chi connectivity index (χ0v) is 6.51. The van der Waals surface area contributed by atoms with E-state index in [4.69, 9.17) is 4.74 Å². The first kappa shape index (κ1) is 8.40. The van der Waals surface area contributed by atoms with E-state index in [0.29, 0.717) is 0 Å². The number of hydrogen-bond acceptors (Lipinski definition) is 2. The van der Waals surface area contributed by atoms with Crippen molar-refractivity contribution in [2.24, 2.45) is 5.92 Å². The fourth-order valence-electron chi connectivity index (χ4n) is 1.12. The highest BCUT2D eigenvalue weighted by Gasteiger charge is 2.57. The second kappa shape index (κ2) is 2.65. The van der Waals surface area contributed by atoms with Crippen LogP contribution in [0.4, 0.5) is 13.2 Å². The number of halogens is 3. The summed E-state index contributed by atoms with van der Waals surface area (Å²) in [7, 11) is 0. The molecular formula is C7H7F3N2O. The second-order valence-corrected chi connectivity index (χ2v) is 2.96. The van der Waals surface area contributed by atoms with E-state index in [0.717, 1.165) is 0 Å². The van der Waals surface area contributed by atoms with Crippen LogP contribution in [0.3, 0.4) is 0 Å². The lowest BCUT2D eigenvalue weighted by Crippen LogP contribution is -2.16. The first-order valence-corrected chi connectivity index (χ1v) is 3.80. The highest BCUT2D eigenvalue weighted by molar-refractivity contribution is 5.08. The summed E-state index contributed by atoms with van der Waals surface area (Å²) in [6.45, 7) is 0. The number of nitrogens with zero attached hydrogens (tertiary/aromatic N) is 1. The molecule has 0 bridgehead atoms. The van der Waals surface area contributed by atoms with E-state index in [9.17, 15) is 13.2 Å². The maximum atomic E-state index is 12.0. The Balaban J connectivity index is 1.88. The quantitative estimate of drug-likeness (QED) is 0.774. The largest absolute Gasteiger partial charge is 0.474 e. The molecule has 1 aliphatic rings. The molecule has 1 aliphatic carbocycles. The van der Waals surface area contributed by atoms with E-state index < -0.39 is 18.2 Å². The van der Waals surface area contributed by atoms with E-state index in [1.165, 1.54) is 12.3 Å². The first-order valence-electron chi connectivity index (χ1n) is 3.80. The van der Waals surface area contributed by atoms with Crippen LogP contribution < -0.4 is 4.74 Å². The minimum Gasteiger partial charge on any atom is -0.474 e. The van der Waals surface area contributed by atoms with E-state index in [1.807, 2.05) is 0 Å². The van der Waals surface area contributed by atoms with Crippen LogP contribution in [-0.2, 0) is 0 Å². The average Bonchev–Trinajstić information content (AvgIpc) is 2.57. The van der Waals surface area contributed by atoms with Gasteiger partial charge in [-0.2, -0.15) is 18.3 Å². The predicted molar refractivity (Wildman–Crippen MR) is 37.2 cm³/mol. The molecule has 2 atom stereocenters. The first-order chi connectivity index (χ1) is 6.07. The molecule has 0 aromatic carbocycles. The minimum absolute atomic E-state index is 0.0442. The number of nitrogens with one attached hydrogen (secondary N) is 1. The third kappa shape index (κ3) is 1.76. The Morgan fingerprint density at radius 2 is 2.31 bits per heavy atom. The molecule has 6 heteroatoms. The van der Waals surface area contributed by atoms with Crippen molar-refractivity contribution in [3.8, 4) is 5.88 Å². The van der Waals surface area contributed by atoms with Crippen molar-refractivity contribution in [3.63, 3.8) is 0 Å². The van der Waals surface area contributed by atoms with Gasteiger partial charge in [0.2, 0.25) is 5.88 Å². The predicted octanol–water partition coefficient (Wildman–Crippen LogP) is 1.74. The molecule has 1 aromatic rings. The molecule has 1 fully saturated rings. The van der Waals surface area contributed by atoms with Gasteiger partial charge < -0.3 is 4.74 Å². The summed E-state index contributed by atoms with van der Waals surface area (Å²) in [6.07, 6.45) is -3.39. The number of alkyl halides is 3. The highest BCUT2D eigenvalue weighted by atomic mass is 19.4. The van der Waals surface area contributed by atoms with Crippen LogP contribution in [0.15, 0.2) is 12.3 Å². The number of aromatic nitrogens is 2. The van der Waals surface area contributed by atoms with Gasteiger partial charge in [0.25, 0.3) is 0 Å². The number of rotatable bonds is 2. The maximum absolute atomic E-state index is 12.0. The lowest BCUT2D eigenvalue weighted by atomic mass is 10.4. The van der Waals surface area contributed by atoms with Gasteiger partial charge in [0.15, 0.2) is 0 Å². The molecule has 0 spiro atoms. The molecule has 72 valence electrons. The van der Waals surface area contributed by atoms with Gasteiger partial charge in [0.1, 0.15) is 6.10 Å². The average molecular weight is 192 g/mol. The molecule has 3 nitrogen and oxygen atoms in total. The summed E-state index contributed by atoms with van der Waals surface area (Å²) in [5, 5.41) is 6.00. The van der Waals surface area contributed by atoms with Crippen molar-refractivity contribution >= 4 is 0 Å². The Morgan fingerprint density at radius 3 is 2.77 bits per heavy atom. The maximum Gasteiger partial charge on any atom is 0.395 e. The summed E-state index contributed by atoms with van der Waals surface area (Å²) in [4.78, 5) is 0. The molecule has 0 unspecified atom stereocenters. The molecular weight excluding hydrogens is 185 g/mol. The van der Waals surface area contributed by atoms with Gasteiger partial charge in [0.05, 0.1) is 12.1 Å². The van der Waals surface area contributed by atoms with Crippen LogP contribution >= 0.6 is 0 Å². The lowest BCUT2D eigenvalue weighted by molar-refractivity contribution is -0.153. The SMILES string of the molecule is FC(F)(F)[C@@H]1C[C@H]1Oc1ccn[nH]1. The van der Waals surface area contributed by atoms with Gasteiger partial charge in [-0.25, -0.2) is 5.10 Å². The number of ether oxygens (including phenoxy) is 1. The summed E-state index contributed by atoms with van der Waals surface area (Å²) < 4.78 is 41.0. The molecule has 1 N–H and O–H groups in total. The Bertz CT molecular complexity index is 282. The fourth-order valence-corrected chi connectivity index (χ4v) is 1.12. The minimum atomic E-state index is -4.13. The number of H-pyrrole nitrogens is 1. The monoisotopic (exact) mass is 192 g/mol. The van der Waals surface area contributed by atoms with Crippen LogP contribution in [0.1, 0.15) is 6.42 Å². The second-order valence-electron chi connectivity index (χ2n) is 2.96. The Labute approximate surface area is 71.9 Å². The highest BCUT2D eigenvalue weighted by Crippen LogP contribution is 2.46. The van der Waals surface area contributed by atoms with Crippen molar-refractivity contribution in [1.29, 1.82) is 0 Å². The van der Waals surface area contributed by atoms with Gasteiger partial charge in [-0.05, 0) is 6.42 Å². The smallest absolute Gasteiger partial charge is 0.395 e. The number of aromatic amines is 1. The third-order valence-corrected chi connectivity index (χ3v) is 1.91. The van der Waals surface area contributed by atoms with Crippen LogP contribution in [0.2, 0.25) is 0 Å². The molecule has 2 rings (SSSR count). The molecule has 1 heterocycles. The van der Waals surface area contributed by atoms with Crippen LogP contribution in [0.25, 0.3) is 0 Å². The zero-order valence-electron chi connectivity index (χ0n) is 6.51. The van der Waals surface area contributed by atoms with Crippen LogP contribution in [-0.4, -0.2) is 22.5 Å². The van der Waals surface area contributed by atoms with Crippen molar-refractivity contribution < 1.29 is 17.9 Å². The Hall–Kier alpha value is -1.20. The normalized spacial score (nSPS) is 27.3. The molecule has 0 amide bonds. The van der Waals surface area contributed by atoms with Crippen molar-refractivity contribution in [2.45, 2.75) is 18.7 Å². The zero-order chi connectivity index (χ0) is 9.47. The van der Waals surface area contributed by atoms with E-state index in [2.05, 4.69) is 10.2 Å². The molecule has 0 aliphatic heterocycles. The van der Waals surface area contributed by atoms with Crippen molar-refractivity contribution in [1.82, 2.24) is 10.2 Å². The summed E-state index contributed by atoms with van der Waals surface area (Å²) in [5.74, 6) is -1.02. The van der Waals surface area contributed by atoms with E-state index in [1.54, 1.807) is 0 Å². The molecule has 0 radical (unpaired) electrons. The summed E-state index contributed by atoms with van der Waals surface area (Å²) in [6, 6.07) is 1.49. The molecule has 1 saturated carbocycles. The topological polar surface area (TPSA) is 37.9 Å². The van der Waals surface area contributed by atoms with Crippen molar-refractivity contribution in [3.05, 3.63) is 12.3 Å². The molecule has 0 saturated heterocycles. The number of hydrogen-bond donors (Lipinski definition) is 1. The van der Waals surface area contributed by atoms with Crippen LogP contribution in [0.5, 0.6) is 5.88 Å². The van der Waals surface area contributed by atoms with Crippen molar-refractivity contribution in [2.75, 3.05) is 0 Å². The Kier molecular flexibility index (Phi) is 1.71. The Morgan fingerprint density at radius 1 is 1.54 bits per heavy atom. The van der Waals surface area contributed by atoms with Crippen LogP contribution in [0, 0.1) is 5.92 Å². The fraction of sp³-hybridized carbons (Fsp3) is 0.571. The van der Waals surface area contributed by atoms with Gasteiger partial charge in [-0.15, -0.1) is 0 Å². The van der Waals surface area contributed by atoms with E-state index in [-0.39, 0.29) is 12.3 Å². The van der Waals surface area contributed by atoms with Gasteiger partial charge >= 0.3 is 6.18 Å². The standard InChI is InChI=1S/C7H7F3N2O/c8-7(9,10)4-3-5(4)13-6-1-2-11-12-6/h1-2,4-5H,3H2,(H,11,12)/t4-,5-/m1/s1. The van der Waals surface area contributed by atoms with Gasteiger partial charge in [-0.3, -0.25) is 0 Å². The third-order valence-electron chi connectivity index (χ3n) is 1.91. The van der Waals surface area contributed by atoms with Gasteiger partial charge in [0, 0.05) is 6.07 Å². The van der Waals surface area contributed by atoms with Gasteiger partial charge in [-0.1, -0.05) is 0 Å². The summed E-state index contributed by atoms with van der Waals surface area (Å²) >= 11 is 0.